The summed E-state index contributed by atoms with van der Waals surface area (Å²) >= 11 is 0.881. The summed E-state index contributed by atoms with van der Waals surface area (Å²) in [5.41, 5.74) is 3.05. The lowest BCUT2D eigenvalue weighted by Crippen LogP contribution is -2.28. The van der Waals surface area contributed by atoms with Crippen LogP contribution in [0, 0.1) is 20.8 Å². The Hall–Kier alpha value is -2.90. The van der Waals surface area contributed by atoms with Crippen LogP contribution in [0.4, 0.5) is 10.9 Å². The van der Waals surface area contributed by atoms with Crippen LogP contribution in [0.5, 0.6) is 0 Å². The van der Waals surface area contributed by atoms with Gasteiger partial charge in [0, 0.05) is 25.7 Å². The molecule has 3 heterocycles. The van der Waals surface area contributed by atoms with E-state index < -0.39 is 10.0 Å². The second-order valence-electron chi connectivity index (χ2n) is 6.47. The summed E-state index contributed by atoms with van der Waals surface area (Å²) in [6, 6.07) is 3.55. The molecule has 3 aromatic heterocycles. The van der Waals surface area contributed by atoms with Crippen molar-refractivity contribution in [3.05, 3.63) is 35.3 Å². The fraction of sp³-hybridized carbons (Fsp3) is 0.353. The van der Waals surface area contributed by atoms with E-state index >= 15 is 0 Å². The molecule has 0 unspecified atom stereocenters. The Bertz CT molecular complexity index is 1150. The molecule has 0 aliphatic rings. The fourth-order valence-electron chi connectivity index (χ4n) is 2.52. The van der Waals surface area contributed by atoms with E-state index in [4.69, 9.17) is 0 Å². The Morgan fingerprint density at radius 2 is 1.93 bits per heavy atom. The van der Waals surface area contributed by atoms with Crippen LogP contribution in [-0.4, -0.2) is 52.4 Å². The average Bonchev–Trinajstić information content (AvgIpc) is 3.26. The van der Waals surface area contributed by atoms with Crippen LogP contribution in [0.2, 0.25) is 0 Å². The van der Waals surface area contributed by atoms with Gasteiger partial charge >= 0.3 is 0 Å². The van der Waals surface area contributed by atoms with Crippen molar-refractivity contribution in [1.29, 1.82) is 0 Å². The zero-order valence-corrected chi connectivity index (χ0v) is 18.6. The number of thiazole rings is 1. The molecular weight excluding hydrogens is 428 g/mol. The van der Waals surface area contributed by atoms with Crippen LogP contribution in [0.25, 0.3) is 5.82 Å². The van der Waals surface area contributed by atoms with E-state index in [0.717, 1.165) is 28.3 Å². The van der Waals surface area contributed by atoms with Crippen molar-refractivity contribution >= 4 is 38.2 Å². The number of rotatable bonds is 8. The highest BCUT2D eigenvalue weighted by Gasteiger charge is 2.18. The minimum absolute atomic E-state index is 0.0237. The van der Waals surface area contributed by atoms with E-state index in [0.29, 0.717) is 18.2 Å². The second kappa shape index (κ2) is 8.85. The van der Waals surface area contributed by atoms with Crippen molar-refractivity contribution in [1.82, 2.24) is 29.7 Å². The number of carbonyl (C=O) groups is 1. The number of nitrogens with zero attached hydrogens (tertiary/aromatic N) is 5. The minimum Gasteiger partial charge on any atom is -0.367 e. The van der Waals surface area contributed by atoms with Crippen molar-refractivity contribution < 1.29 is 13.2 Å². The quantitative estimate of drug-likeness (QED) is 0.437. The van der Waals surface area contributed by atoms with E-state index in [-0.39, 0.29) is 21.8 Å². The number of hydrogen-bond donors (Lipinski definition) is 3. The summed E-state index contributed by atoms with van der Waals surface area (Å²) in [6.07, 6.45) is 1.20. The van der Waals surface area contributed by atoms with E-state index in [1.165, 1.54) is 13.1 Å². The molecule has 0 fully saturated rings. The maximum Gasteiger partial charge on any atom is 0.251 e. The first kappa shape index (κ1) is 21.8. The molecule has 3 rings (SSSR count). The van der Waals surface area contributed by atoms with Crippen LogP contribution in [-0.2, 0) is 14.8 Å². The van der Waals surface area contributed by atoms with Crippen LogP contribution in [0.15, 0.2) is 22.5 Å². The summed E-state index contributed by atoms with van der Waals surface area (Å²) in [6.45, 7) is 7.69. The number of carbonyl (C=O) groups excluding carboxylic acids is 1. The third-order valence-corrected chi connectivity index (χ3v) is 7.11. The minimum atomic E-state index is -3.71. The first-order valence-corrected chi connectivity index (χ1v) is 11.3. The first-order valence-electron chi connectivity index (χ1n) is 9.01. The van der Waals surface area contributed by atoms with E-state index in [1.807, 2.05) is 20.8 Å². The van der Waals surface area contributed by atoms with Gasteiger partial charge in [-0.3, -0.25) is 4.79 Å². The number of aromatic nitrogens is 5. The highest BCUT2D eigenvalue weighted by Crippen LogP contribution is 2.22. The Balaban J connectivity index is 1.53. The Kier molecular flexibility index (Phi) is 6.43. The van der Waals surface area contributed by atoms with Gasteiger partial charge in [-0.2, -0.15) is 5.10 Å². The topological polar surface area (TPSA) is 144 Å². The maximum atomic E-state index is 12.3. The second-order valence-corrected chi connectivity index (χ2v) is 9.50. The van der Waals surface area contributed by atoms with Crippen LogP contribution in [0.3, 0.4) is 0 Å². The third kappa shape index (κ3) is 4.98. The van der Waals surface area contributed by atoms with Gasteiger partial charge in [-0.1, -0.05) is 11.3 Å². The number of nitrogens with one attached hydrogen (secondary N) is 3. The van der Waals surface area contributed by atoms with Crippen molar-refractivity contribution in [2.75, 3.05) is 23.7 Å². The van der Waals surface area contributed by atoms with Gasteiger partial charge < -0.3 is 10.6 Å². The molecule has 0 saturated carbocycles. The number of hydrogen-bond acceptors (Lipinski definition) is 9. The van der Waals surface area contributed by atoms with E-state index in [2.05, 4.69) is 35.6 Å². The largest absolute Gasteiger partial charge is 0.367 e. The van der Waals surface area contributed by atoms with Crippen molar-refractivity contribution in [3.8, 4) is 5.82 Å². The van der Waals surface area contributed by atoms with Gasteiger partial charge in [0.2, 0.25) is 5.91 Å². The predicted octanol–water partition coefficient (Wildman–Crippen LogP) is 1.39. The first-order chi connectivity index (χ1) is 14.2. The SMILES string of the molecule is CC(=O)Nc1ncc(S(=O)(=O)NCCNc2ccc(-n3nc(C)c(C)c3C)nn2)s1. The van der Waals surface area contributed by atoms with Gasteiger partial charge in [0.1, 0.15) is 5.82 Å². The predicted molar refractivity (Wildman–Crippen MR) is 113 cm³/mol. The molecule has 1 amide bonds. The van der Waals surface area contributed by atoms with Crippen LogP contribution < -0.4 is 15.4 Å². The number of sulfonamides is 1. The highest BCUT2D eigenvalue weighted by molar-refractivity contribution is 7.91. The molecule has 11 nitrogen and oxygen atoms in total. The normalized spacial score (nSPS) is 11.5. The summed E-state index contributed by atoms with van der Waals surface area (Å²) in [5, 5.41) is 18.4. The summed E-state index contributed by atoms with van der Waals surface area (Å²) in [4.78, 5) is 14.9. The van der Waals surface area contributed by atoms with Crippen LogP contribution >= 0.6 is 11.3 Å². The molecule has 3 N–H and O–H groups in total. The smallest absolute Gasteiger partial charge is 0.251 e. The molecule has 0 saturated heterocycles. The molecule has 0 atom stereocenters. The standard InChI is InChI=1S/C17H22N8O3S2/c1-10-11(2)24-25(12(10)3)15-6-5-14(22-23-15)18-7-8-20-30(27,28)16-9-19-17(29-16)21-13(4)26/h5-6,9,20H,7-8H2,1-4H3,(H,18,22)(H,19,21,26). The Labute approximate surface area is 178 Å². The van der Waals surface area contributed by atoms with Crippen molar-refractivity contribution in [2.24, 2.45) is 0 Å². The lowest BCUT2D eigenvalue weighted by atomic mass is 10.2. The molecule has 0 aromatic carbocycles. The molecule has 0 aliphatic heterocycles. The zero-order chi connectivity index (χ0) is 21.9. The Morgan fingerprint density at radius 3 is 2.53 bits per heavy atom. The lowest BCUT2D eigenvalue weighted by Gasteiger charge is -2.08. The Morgan fingerprint density at radius 1 is 1.17 bits per heavy atom. The van der Waals surface area contributed by atoms with Gasteiger partial charge in [0.15, 0.2) is 15.2 Å². The third-order valence-electron chi connectivity index (χ3n) is 4.28. The fourth-order valence-corrected chi connectivity index (χ4v) is 4.67. The monoisotopic (exact) mass is 450 g/mol. The molecule has 160 valence electrons. The van der Waals surface area contributed by atoms with Gasteiger partial charge in [-0.25, -0.2) is 22.8 Å². The highest BCUT2D eigenvalue weighted by atomic mass is 32.2. The van der Waals surface area contributed by atoms with Crippen molar-refractivity contribution in [2.45, 2.75) is 31.9 Å². The maximum absolute atomic E-state index is 12.3. The number of aryl methyl sites for hydroxylation is 1. The van der Waals surface area contributed by atoms with Gasteiger partial charge in [-0.05, 0) is 38.5 Å². The average molecular weight is 451 g/mol. The number of amides is 1. The van der Waals surface area contributed by atoms with Crippen LogP contribution in [0.1, 0.15) is 23.9 Å². The molecular formula is C17H22N8O3S2. The van der Waals surface area contributed by atoms with E-state index in [1.54, 1.807) is 16.8 Å². The molecule has 0 spiro atoms. The van der Waals surface area contributed by atoms with Crippen molar-refractivity contribution in [3.63, 3.8) is 0 Å². The van der Waals surface area contributed by atoms with Gasteiger partial charge in [0.25, 0.3) is 10.0 Å². The molecule has 0 aliphatic carbocycles. The summed E-state index contributed by atoms with van der Waals surface area (Å²) < 4.78 is 28.8. The molecule has 13 heteroatoms. The molecule has 3 aromatic rings. The zero-order valence-electron chi connectivity index (χ0n) is 16.9. The van der Waals surface area contributed by atoms with Gasteiger partial charge in [-0.15, -0.1) is 10.2 Å². The summed E-state index contributed by atoms with van der Waals surface area (Å²) in [5.74, 6) is 0.808. The molecule has 30 heavy (non-hydrogen) atoms. The summed E-state index contributed by atoms with van der Waals surface area (Å²) in [7, 11) is -3.71. The number of anilines is 2. The molecule has 0 radical (unpaired) electrons. The lowest BCUT2D eigenvalue weighted by molar-refractivity contribution is -0.114. The van der Waals surface area contributed by atoms with Gasteiger partial charge in [0.05, 0.1) is 11.9 Å². The molecule has 0 bridgehead atoms. The van der Waals surface area contributed by atoms with E-state index in [9.17, 15) is 13.2 Å².